The zero-order chi connectivity index (χ0) is 17.2. The highest BCUT2D eigenvalue weighted by Crippen LogP contribution is 2.48. The Balaban J connectivity index is 2.07. The molecule has 2 heterocycles. The summed E-state index contributed by atoms with van der Waals surface area (Å²) in [5.74, 6) is 0.928. The van der Waals surface area contributed by atoms with Crippen LogP contribution in [-0.2, 0) is 13.6 Å². The molecule has 7 heteroatoms. The summed E-state index contributed by atoms with van der Waals surface area (Å²) < 4.78 is 29.2. The molecule has 2 aromatic rings. The van der Waals surface area contributed by atoms with Crippen LogP contribution in [0, 0.1) is 6.92 Å². The summed E-state index contributed by atoms with van der Waals surface area (Å²) >= 11 is 0. The largest absolute Gasteiger partial charge is 0.419 e. The summed E-state index contributed by atoms with van der Waals surface area (Å²) in [5, 5.41) is 0. The molecule has 0 amide bonds. The van der Waals surface area contributed by atoms with E-state index in [4.69, 9.17) is 13.5 Å². The van der Waals surface area contributed by atoms with Crippen LogP contribution in [0.4, 0.5) is 5.88 Å². The number of piperidine rings is 1. The van der Waals surface area contributed by atoms with Gasteiger partial charge in [0.2, 0.25) is 17.2 Å². The van der Waals surface area contributed by atoms with Crippen LogP contribution in [0.5, 0.6) is 0 Å². The topological polar surface area (TPSA) is 64.8 Å². The maximum Gasteiger partial charge on any atom is 0.384 e. The van der Waals surface area contributed by atoms with Crippen LogP contribution in [0.15, 0.2) is 28.7 Å². The summed E-state index contributed by atoms with van der Waals surface area (Å²) in [7, 11) is -0.762. The molecule has 0 atom stereocenters. The summed E-state index contributed by atoms with van der Waals surface area (Å²) in [5.41, 5.74) is 2.25. The lowest BCUT2D eigenvalue weighted by Crippen LogP contribution is -2.32. The molecular weight excluding hydrogens is 327 g/mol. The minimum absolute atomic E-state index is 0.255. The zero-order valence-electron chi connectivity index (χ0n) is 14.3. The predicted octanol–water partition coefficient (Wildman–Crippen LogP) is 3.75. The minimum atomic E-state index is -3.49. The smallest absolute Gasteiger partial charge is 0.384 e. The molecule has 1 aromatic carbocycles. The third-order valence-corrected chi connectivity index (χ3v) is 6.05. The van der Waals surface area contributed by atoms with E-state index in [9.17, 15) is 4.57 Å². The molecule has 0 radical (unpaired) electrons. The lowest BCUT2D eigenvalue weighted by atomic mass is 10.1. The molecule has 0 spiro atoms. The Morgan fingerprint density at radius 1 is 1.08 bits per heavy atom. The molecule has 1 saturated heterocycles. The van der Waals surface area contributed by atoms with Gasteiger partial charge < -0.3 is 18.4 Å². The minimum Gasteiger partial charge on any atom is -0.419 e. The first-order valence-electron chi connectivity index (χ1n) is 8.12. The van der Waals surface area contributed by atoms with E-state index in [0.29, 0.717) is 11.8 Å². The summed E-state index contributed by atoms with van der Waals surface area (Å²) in [4.78, 5) is 6.56. The number of hydrogen-bond acceptors (Lipinski definition) is 6. The van der Waals surface area contributed by atoms with E-state index >= 15 is 0 Å². The first kappa shape index (κ1) is 17.2. The first-order valence-corrected chi connectivity index (χ1v) is 9.66. The highest BCUT2D eigenvalue weighted by molar-refractivity contribution is 7.62. The van der Waals surface area contributed by atoms with Crippen LogP contribution in [0.3, 0.4) is 0 Å². The second-order valence-corrected chi connectivity index (χ2v) is 8.07. The van der Waals surface area contributed by atoms with Gasteiger partial charge in [-0.15, -0.1) is 0 Å². The number of aryl methyl sites for hydroxylation is 1. The highest BCUT2D eigenvalue weighted by atomic mass is 31.2. The Kier molecular flexibility index (Phi) is 5.09. The van der Waals surface area contributed by atoms with Crippen molar-refractivity contribution in [1.29, 1.82) is 0 Å². The van der Waals surface area contributed by atoms with E-state index in [1.54, 1.807) is 0 Å². The van der Waals surface area contributed by atoms with Gasteiger partial charge in [-0.25, -0.2) is 0 Å². The van der Waals surface area contributed by atoms with Crippen LogP contribution < -0.4 is 10.3 Å². The van der Waals surface area contributed by atoms with Gasteiger partial charge in [0.05, 0.1) is 0 Å². The van der Waals surface area contributed by atoms with E-state index in [-0.39, 0.29) is 5.44 Å². The predicted molar refractivity (Wildman–Crippen MR) is 94.0 cm³/mol. The number of benzene rings is 1. The van der Waals surface area contributed by atoms with Crippen molar-refractivity contribution < 1.29 is 18.0 Å². The molecule has 0 saturated carbocycles. The van der Waals surface area contributed by atoms with E-state index in [2.05, 4.69) is 9.88 Å². The summed E-state index contributed by atoms with van der Waals surface area (Å²) in [6.07, 6.45) is 3.34. The second kappa shape index (κ2) is 7.09. The zero-order valence-corrected chi connectivity index (χ0v) is 15.2. The third-order valence-electron chi connectivity index (χ3n) is 4.27. The summed E-state index contributed by atoms with van der Waals surface area (Å²) in [6.45, 7) is 3.72. The quantitative estimate of drug-likeness (QED) is 0.765. The molecule has 3 rings (SSSR count). The fraction of sp³-hybridized carbons (Fsp3) is 0.471. The Bertz CT molecular complexity index is 728. The molecule has 0 N–H and O–H groups in total. The first-order chi connectivity index (χ1) is 11.6. The van der Waals surface area contributed by atoms with Crippen molar-refractivity contribution in [2.45, 2.75) is 26.2 Å². The average Bonchev–Trinajstić information content (AvgIpc) is 3.08. The standard InChI is InChI=1S/C17H23N2O4P/c1-13-7-9-14(10-8-13)15-18-16(24(20,21-2)22-3)17(23-15)19-11-5-4-6-12-19/h7-10H,4-6,11-12H2,1-3H3. The molecule has 1 aliphatic rings. The van der Waals surface area contributed by atoms with Crippen molar-refractivity contribution in [2.75, 3.05) is 32.2 Å². The van der Waals surface area contributed by atoms with Crippen LogP contribution in [0.2, 0.25) is 0 Å². The SMILES string of the molecule is COP(=O)(OC)c1nc(-c2ccc(C)cc2)oc1N1CCCCC1. The Morgan fingerprint density at radius 3 is 2.29 bits per heavy atom. The molecule has 1 aromatic heterocycles. The maximum atomic E-state index is 12.9. The summed E-state index contributed by atoms with van der Waals surface area (Å²) in [6, 6.07) is 7.86. The molecule has 0 bridgehead atoms. The van der Waals surface area contributed by atoms with Gasteiger partial charge in [-0.1, -0.05) is 17.7 Å². The van der Waals surface area contributed by atoms with Gasteiger partial charge in [-0.3, -0.25) is 4.57 Å². The Morgan fingerprint density at radius 2 is 1.71 bits per heavy atom. The van der Waals surface area contributed by atoms with Crippen LogP contribution in [0.1, 0.15) is 24.8 Å². The molecule has 0 aliphatic carbocycles. The number of nitrogens with zero attached hydrogens (tertiary/aromatic N) is 2. The third kappa shape index (κ3) is 3.27. The molecule has 0 unspecified atom stereocenters. The van der Waals surface area contributed by atoms with Gasteiger partial charge in [0.15, 0.2) is 0 Å². The number of rotatable bonds is 5. The van der Waals surface area contributed by atoms with Crippen LogP contribution in [-0.4, -0.2) is 32.3 Å². The molecule has 6 nitrogen and oxygen atoms in total. The van der Waals surface area contributed by atoms with Crippen molar-refractivity contribution >= 4 is 18.9 Å². The number of aromatic nitrogens is 1. The molecule has 130 valence electrons. The van der Waals surface area contributed by atoms with Gasteiger partial charge in [0.1, 0.15) is 0 Å². The van der Waals surface area contributed by atoms with Crippen molar-refractivity contribution in [3.05, 3.63) is 29.8 Å². The van der Waals surface area contributed by atoms with Gasteiger partial charge in [-0.2, -0.15) is 4.98 Å². The van der Waals surface area contributed by atoms with Gasteiger partial charge in [0.25, 0.3) is 0 Å². The van der Waals surface area contributed by atoms with Crippen molar-refractivity contribution in [1.82, 2.24) is 4.98 Å². The van der Waals surface area contributed by atoms with Gasteiger partial charge in [-0.05, 0) is 38.3 Å². The van der Waals surface area contributed by atoms with E-state index < -0.39 is 7.60 Å². The lowest BCUT2D eigenvalue weighted by molar-refractivity contribution is 0.286. The highest BCUT2D eigenvalue weighted by Gasteiger charge is 2.36. The van der Waals surface area contributed by atoms with E-state index in [1.807, 2.05) is 31.2 Å². The monoisotopic (exact) mass is 350 g/mol. The average molecular weight is 350 g/mol. The molecule has 1 aliphatic heterocycles. The van der Waals surface area contributed by atoms with Crippen LogP contribution >= 0.6 is 7.60 Å². The second-order valence-electron chi connectivity index (χ2n) is 5.92. The number of hydrogen-bond donors (Lipinski definition) is 0. The van der Waals surface area contributed by atoms with Gasteiger partial charge >= 0.3 is 7.60 Å². The fourth-order valence-corrected chi connectivity index (χ4v) is 3.98. The van der Waals surface area contributed by atoms with Crippen molar-refractivity contribution in [3.8, 4) is 11.5 Å². The lowest BCUT2D eigenvalue weighted by Gasteiger charge is -2.27. The molecule has 1 fully saturated rings. The van der Waals surface area contributed by atoms with Crippen molar-refractivity contribution in [2.24, 2.45) is 0 Å². The van der Waals surface area contributed by atoms with Crippen LogP contribution in [0.25, 0.3) is 11.5 Å². The fourth-order valence-electron chi connectivity index (χ4n) is 2.85. The normalized spacial score (nSPS) is 15.7. The Labute approximate surface area is 142 Å². The van der Waals surface area contributed by atoms with Crippen molar-refractivity contribution in [3.63, 3.8) is 0 Å². The molecular formula is C17H23N2O4P. The number of oxazole rings is 1. The number of anilines is 1. The maximum absolute atomic E-state index is 12.9. The Hall–Kier alpha value is -1.62. The van der Waals surface area contributed by atoms with E-state index in [1.165, 1.54) is 20.6 Å². The van der Waals surface area contributed by atoms with E-state index in [0.717, 1.165) is 37.1 Å². The molecule has 24 heavy (non-hydrogen) atoms. The van der Waals surface area contributed by atoms with Gasteiger partial charge in [0, 0.05) is 32.9 Å².